The Labute approximate surface area is 176 Å². The monoisotopic (exact) mass is 412 g/mol. The van der Waals surface area contributed by atoms with E-state index >= 15 is 0 Å². The third-order valence-electron chi connectivity index (χ3n) is 5.35. The van der Waals surface area contributed by atoms with E-state index < -0.39 is 0 Å². The van der Waals surface area contributed by atoms with Crippen molar-refractivity contribution in [2.75, 3.05) is 26.7 Å². The smallest absolute Gasteiger partial charge is 0.223 e. The van der Waals surface area contributed by atoms with Crippen LogP contribution >= 0.6 is 11.3 Å². The van der Waals surface area contributed by atoms with E-state index in [1.165, 1.54) is 11.3 Å². The minimum Gasteiger partial charge on any atom is -0.333 e. The van der Waals surface area contributed by atoms with Gasteiger partial charge >= 0.3 is 0 Å². The Morgan fingerprint density at radius 3 is 2.38 bits per heavy atom. The van der Waals surface area contributed by atoms with Crippen LogP contribution in [0.25, 0.3) is 0 Å². The first-order valence-corrected chi connectivity index (χ1v) is 10.9. The number of hydrogen-bond acceptors (Lipinski definition) is 5. The van der Waals surface area contributed by atoms with E-state index in [0.717, 1.165) is 23.5 Å². The minimum atomic E-state index is -0.0228. The van der Waals surface area contributed by atoms with Gasteiger partial charge in [-0.3, -0.25) is 14.4 Å². The van der Waals surface area contributed by atoms with Crippen LogP contribution in [-0.4, -0.2) is 54.0 Å². The molecule has 1 aliphatic rings. The van der Waals surface area contributed by atoms with E-state index in [9.17, 15) is 14.4 Å². The average Bonchev–Trinajstić information content (AvgIpc) is 3.17. The number of likely N-dealkylation sites (N-methyl/N-ethyl adjacent to an activating group) is 1. The standard InChI is InChI=1S/C23H28N2O3S/c1-17-8-12-22(29-17)21(27)11-9-19(26)10-13-23(28)25-15-14-24(2)16-20(25)18-6-4-3-5-7-18/h3-8,12,20H,9-11,13-16H2,1-2H3. The molecule has 5 nitrogen and oxygen atoms in total. The number of amides is 1. The maximum atomic E-state index is 12.8. The molecule has 3 rings (SSSR count). The second kappa shape index (κ2) is 9.94. The Morgan fingerprint density at radius 2 is 1.69 bits per heavy atom. The molecule has 1 unspecified atom stereocenters. The molecule has 2 heterocycles. The molecular weight excluding hydrogens is 384 g/mol. The number of thiophene rings is 1. The molecule has 29 heavy (non-hydrogen) atoms. The Balaban J connectivity index is 1.50. The number of carbonyl (C=O) groups is 3. The summed E-state index contributed by atoms with van der Waals surface area (Å²) in [5, 5.41) is 0. The summed E-state index contributed by atoms with van der Waals surface area (Å²) < 4.78 is 0. The van der Waals surface area contributed by atoms with Gasteiger partial charge in [-0.15, -0.1) is 11.3 Å². The zero-order chi connectivity index (χ0) is 20.8. The van der Waals surface area contributed by atoms with Crippen molar-refractivity contribution in [1.29, 1.82) is 0 Å². The maximum Gasteiger partial charge on any atom is 0.223 e. The van der Waals surface area contributed by atoms with Crippen molar-refractivity contribution >= 4 is 28.8 Å². The maximum absolute atomic E-state index is 12.8. The van der Waals surface area contributed by atoms with Gasteiger partial charge in [-0.2, -0.15) is 0 Å². The van der Waals surface area contributed by atoms with Gasteiger partial charge in [-0.05, 0) is 31.7 Å². The van der Waals surface area contributed by atoms with Crippen molar-refractivity contribution in [3.63, 3.8) is 0 Å². The Kier molecular flexibility index (Phi) is 7.34. The molecule has 0 radical (unpaired) electrons. The van der Waals surface area contributed by atoms with Crippen LogP contribution in [0.15, 0.2) is 42.5 Å². The summed E-state index contributed by atoms with van der Waals surface area (Å²) >= 11 is 1.46. The SMILES string of the molecule is Cc1ccc(C(=O)CCC(=O)CCC(=O)N2CCN(C)CC2c2ccccc2)s1. The van der Waals surface area contributed by atoms with Crippen molar-refractivity contribution in [3.05, 3.63) is 57.8 Å². The predicted molar refractivity (Wildman–Crippen MR) is 115 cm³/mol. The van der Waals surface area contributed by atoms with Crippen molar-refractivity contribution in [3.8, 4) is 0 Å². The zero-order valence-corrected chi connectivity index (χ0v) is 17.9. The van der Waals surface area contributed by atoms with Gasteiger partial charge in [0.25, 0.3) is 0 Å². The van der Waals surface area contributed by atoms with Crippen LogP contribution in [0.1, 0.15) is 51.8 Å². The van der Waals surface area contributed by atoms with E-state index in [2.05, 4.69) is 11.9 Å². The first-order chi connectivity index (χ1) is 13.9. The van der Waals surface area contributed by atoms with Crippen molar-refractivity contribution < 1.29 is 14.4 Å². The van der Waals surface area contributed by atoms with Gasteiger partial charge in [0, 0.05) is 50.2 Å². The molecule has 1 aliphatic heterocycles. The number of benzene rings is 1. The molecule has 0 bridgehead atoms. The van der Waals surface area contributed by atoms with Crippen LogP contribution in [0.5, 0.6) is 0 Å². The lowest BCUT2D eigenvalue weighted by atomic mass is 10.0. The van der Waals surface area contributed by atoms with Crippen molar-refractivity contribution in [2.45, 2.75) is 38.6 Å². The van der Waals surface area contributed by atoms with Crippen molar-refractivity contribution in [2.24, 2.45) is 0 Å². The summed E-state index contributed by atoms with van der Waals surface area (Å²) in [5.41, 5.74) is 1.12. The third kappa shape index (κ3) is 5.84. The molecule has 2 aromatic rings. The molecule has 6 heteroatoms. The molecule has 1 aromatic heterocycles. The fraction of sp³-hybridized carbons (Fsp3) is 0.435. The molecule has 154 valence electrons. The number of nitrogens with zero attached hydrogens (tertiary/aromatic N) is 2. The van der Waals surface area contributed by atoms with E-state index in [-0.39, 0.29) is 49.2 Å². The summed E-state index contributed by atoms with van der Waals surface area (Å²) in [4.78, 5) is 43.2. The van der Waals surface area contributed by atoms with E-state index in [1.54, 1.807) is 0 Å². The van der Waals surface area contributed by atoms with Gasteiger partial charge in [-0.1, -0.05) is 30.3 Å². The summed E-state index contributed by atoms with van der Waals surface area (Å²) in [7, 11) is 2.06. The molecule has 0 aliphatic carbocycles. The van der Waals surface area contributed by atoms with Gasteiger partial charge in [-0.25, -0.2) is 0 Å². The largest absolute Gasteiger partial charge is 0.333 e. The van der Waals surface area contributed by atoms with E-state index in [0.29, 0.717) is 11.4 Å². The van der Waals surface area contributed by atoms with E-state index in [1.807, 2.05) is 54.3 Å². The molecule has 1 fully saturated rings. The molecule has 0 spiro atoms. The Bertz CT molecular complexity index is 862. The molecule has 0 saturated carbocycles. The highest BCUT2D eigenvalue weighted by atomic mass is 32.1. The highest BCUT2D eigenvalue weighted by Gasteiger charge is 2.30. The van der Waals surface area contributed by atoms with Gasteiger partial charge < -0.3 is 9.80 Å². The highest BCUT2D eigenvalue weighted by Crippen LogP contribution is 2.26. The quantitative estimate of drug-likeness (QED) is 0.618. The lowest BCUT2D eigenvalue weighted by Crippen LogP contribution is -2.49. The molecule has 1 amide bonds. The number of Topliss-reactive ketones (excluding diaryl/α,β-unsaturated/α-hetero) is 2. The predicted octanol–water partition coefficient (Wildman–Crippen LogP) is 3.88. The van der Waals surface area contributed by atoms with Crippen LogP contribution in [0, 0.1) is 6.92 Å². The Hall–Kier alpha value is -2.31. The lowest BCUT2D eigenvalue weighted by molar-refractivity contribution is -0.137. The highest BCUT2D eigenvalue weighted by molar-refractivity contribution is 7.14. The van der Waals surface area contributed by atoms with Crippen LogP contribution < -0.4 is 0 Å². The van der Waals surface area contributed by atoms with Crippen LogP contribution in [0.4, 0.5) is 0 Å². The second-order valence-electron chi connectivity index (χ2n) is 7.65. The number of hydrogen-bond donors (Lipinski definition) is 0. The molecule has 1 saturated heterocycles. The van der Waals surface area contributed by atoms with Crippen LogP contribution in [-0.2, 0) is 9.59 Å². The summed E-state index contributed by atoms with van der Waals surface area (Å²) in [5.74, 6) is -0.00290. The summed E-state index contributed by atoms with van der Waals surface area (Å²) in [6, 6.07) is 13.8. The number of carbonyl (C=O) groups excluding carboxylic acids is 3. The summed E-state index contributed by atoms with van der Waals surface area (Å²) in [6.07, 6.45) is 0.823. The van der Waals surface area contributed by atoms with Gasteiger partial charge in [0.2, 0.25) is 5.91 Å². The second-order valence-corrected chi connectivity index (χ2v) is 8.94. The molecular formula is C23H28N2O3S. The Morgan fingerprint density at radius 1 is 0.966 bits per heavy atom. The van der Waals surface area contributed by atoms with Crippen molar-refractivity contribution in [1.82, 2.24) is 9.80 Å². The van der Waals surface area contributed by atoms with Crippen LogP contribution in [0.2, 0.25) is 0 Å². The first-order valence-electron chi connectivity index (χ1n) is 10.1. The fourth-order valence-electron chi connectivity index (χ4n) is 3.65. The third-order valence-corrected chi connectivity index (χ3v) is 6.39. The van der Waals surface area contributed by atoms with Gasteiger partial charge in [0.1, 0.15) is 5.78 Å². The van der Waals surface area contributed by atoms with Gasteiger partial charge in [0.05, 0.1) is 10.9 Å². The van der Waals surface area contributed by atoms with Gasteiger partial charge in [0.15, 0.2) is 5.78 Å². The van der Waals surface area contributed by atoms with E-state index in [4.69, 9.17) is 0 Å². The number of piperazine rings is 1. The molecule has 0 N–H and O–H groups in total. The zero-order valence-electron chi connectivity index (χ0n) is 17.1. The summed E-state index contributed by atoms with van der Waals surface area (Å²) in [6.45, 7) is 4.24. The van der Waals surface area contributed by atoms with Crippen LogP contribution in [0.3, 0.4) is 0 Å². The lowest BCUT2D eigenvalue weighted by Gasteiger charge is -2.40. The number of rotatable bonds is 8. The normalized spacial score (nSPS) is 17.3. The minimum absolute atomic E-state index is 0.00554. The first kappa shape index (κ1) is 21.4. The number of ketones is 2. The molecule has 1 aromatic carbocycles. The number of aryl methyl sites for hydroxylation is 1. The fourth-order valence-corrected chi connectivity index (χ4v) is 4.49. The topological polar surface area (TPSA) is 57.7 Å². The average molecular weight is 413 g/mol. The molecule has 1 atom stereocenters.